The Morgan fingerprint density at radius 1 is 1.08 bits per heavy atom. The summed E-state index contributed by atoms with van der Waals surface area (Å²) >= 11 is 0. The molecule has 2 aromatic carbocycles. The van der Waals surface area contributed by atoms with Gasteiger partial charge in [-0.3, -0.25) is 24.1 Å². The van der Waals surface area contributed by atoms with Gasteiger partial charge in [0.05, 0.1) is 42.1 Å². The highest BCUT2D eigenvalue weighted by Gasteiger charge is 2.51. The molecule has 2 aliphatic heterocycles. The summed E-state index contributed by atoms with van der Waals surface area (Å²) in [4.78, 5) is 56.3. The number of aliphatic hydroxyl groups is 2. The number of carbonyl (C=O) groups is 4. The first kappa shape index (κ1) is 36.9. The van der Waals surface area contributed by atoms with Crippen LogP contribution in [0.1, 0.15) is 102 Å². The molecule has 0 radical (unpaired) electrons. The number of benzene rings is 2. The molecule has 0 saturated carbocycles. The number of phenolic OH excluding ortho intramolecular Hbond substituents is 2. The number of nitrogens with zero attached hydrogens (tertiary/aromatic N) is 1. The van der Waals surface area contributed by atoms with Gasteiger partial charge in [-0.1, -0.05) is 26.0 Å². The number of esters is 1. The summed E-state index contributed by atoms with van der Waals surface area (Å²) in [6.45, 7) is 6.17. The maximum Gasteiger partial charge on any atom is 0.323 e. The lowest BCUT2D eigenvalue weighted by molar-refractivity contribution is -0.257. The highest BCUT2D eigenvalue weighted by molar-refractivity contribution is 6.31. The van der Waals surface area contributed by atoms with Crippen LogP contribution in [0, 0.1) is 5.92 Å². The van der Waals surface area contributed by atoms with E-state index in [0.717, 1.165) is 25.9 Å². The van der Waals surface area contributed by atoms with Gasteiger partial charge in [-0.15, -0.1) is 0 Å². The second-order valence-corrected chi connectivity index (χ2v) is 14.5. The van der Waals surface area contributed by atoms with E-state index in [0.29, 0.717) is 6.42 Å². The average molecular weight is 711 g/mol. The largest absolute Gasteiger partial charge is 0.507 e. The number of methoxy groups -OCH3 is 1. The number of Topliss-reactive ketones (excluding diaryl/α,β-unsaturated/α-hetero) is 1. The van der Waals surface area contributed by atoms with Crippen LogP contribution in [0.3, 0.4) is 0 Å². The quantitative estimate of drug-likeness (QED) is 0.151. The first-order valence-electron chi connectivity index (χ1n) is 17.4. The van der Waals surface area contributed by atoms with Gasteiger partial charge in [0.15, 0.2) is 18.7 Å². The topological polar surface area (TPSA) is 215 Å². The van der Waals surface area contributed by atoms with Crippen LogP contribution in [-0.4, -0.2) is 112 Å². The summed E-state index contributed by atoms with van der Waals surface area (Å²) in [5.41, 5.74) is 2.22. The molecule has 7 atom stereocenters. The van der Waals surface area contributed by atoms with Gasteiger partial charge in [0, 0.05) is 42.0 Å². The Morgan fingerprint density at radius 3 is 2.43 bits per heavy atom. The molecule has 4 aliphatic rings. The molecule has 2 aromatic rings. The molecular weight excluding hydrogens is 664 g/mol. The minimum absolute atomic E-state index is 0.0581. The molecule has 0 bridgehead atoms. The average Bonchev–Trinajstić information content (AvgIpc) is 3.63. The molecule has 0 aromatic heterocycles. The first-order valence-corrected chi connectivity index (χ1v) is 17.4. The third-order valence-corrected chi connectivity index (χ3v) is 10.6. The Bertz CT molecular complexity index is 1730. The van der Waals surface area contributed by atoms with Gasteiger partial charge in [0.2, 0.25) is 11.6 Å². The number of aliphatic hydroxyl groups excluding tert-OH is 1. The van der Waals surface area contributed by atoms with Crippen molar-refractivity contribution in [2.45, 2.75) is 102 Å². The zero-order chi connectivity index (χ0) is 36.9. The molecule has 2 saturated heterocycles. The van der Waals surface area contributed by atoms with E-state index < -0.39 is 102 Å². The predicted octanol–water partition coefficient (Wildman–Crippen LogP) is 2.06. The van der Waals surface area contributed by atoms with Gasteiger partial charge in [-0.2, -0.15) is 0 Å². The minimum Gasteiger partial charge on any atom is -0.507 e. The second kappa shape index (κ2) is 14.2. The van der Waals surface area contributed by atoms with Crippen molar-refractivity contribution in [3.05, 3.63) is 51.6 Å². The molecule has 276 valence electrons. The maximum absolute atomic E-state index is 14.0. The van der Waals surface area contributed by atoms with Crippen molar-refractivity contribution >= 4 is 23.3 Å². The van der Waals surface area contributed by atoms with Crippen LogP contribution in [0.15, 0.2) is 18.2 Å². The number of ether oxygens (including phenoxy) is 4. The molecule has 2 fully saturated rings. The van der Waals surface area contributed by atoms with Gasteiger partial charge < -0.3 is 45.1 Å². The van der Waals surface area contributed by atoms with Crippen molar-refractivity contribution in [3.63, 3.8) is 0 Å². The number of phenols is 2. The van der Waals surface area contributed by atoms with Crippen LogP contribution in [0.4, 0.5) is 0 Å². The molecule has 1 unspecified atom stereocenters. The number of fused-ring (bicyclic) bond motifs is 3. The van der Waals surface area contributed by atoms with E-state index in [2.05, 4.69) is 4.90 Å². The molecule has 0 amide bonds. The van der Waals surface area contributed by atoms with E-state index in [4.69, 9.17) is 24.7 Å². The van der Waals surface area contributed by atoms with Gasteiger partial charge in [-0.25, -0.2) is 0 Å². The van der Waals surface area contributed by atoms with Gasteiger partial charge in [0.1, 0.15) is 28.9 Å². The summed E-state index contributed by atoms with van der Waals surface area (Å²) in [5, 5.41) is 46.6. The van der Waals surface area contributed by atoms with Gasteiger partial charge >= 0.3 is 5.97 Å². The van der Waals surface area contributed by atoms with E-state index in [1.54, 1.807) is 6.92 Å². The van der Waals surface area contributed by atoms with Crippen LogP contribution in [-0.2, 0) is 30.2 Å². The Kier molecular flexibility index (Phi) is 10.3. The zero-order valence-electron chi connectivity index (χ0n) is 29.2. The van der Waals surface area contributed by atoms with Crippen molar-refractivity contribution in [2.24, 2.45) is 11.7 Å². The smallest absolute Gasteiger partial charge is 0.323 e. The standard InChI is InChI=1S/C37H46N2O12/c1-17(2)12-21(38)36(46)49-16-25(40)37(47)14-20-28(24(15-37)51-26-13-22(31(41)18(3)50-26)39-10-5-6-11-39)35(45)30-29(33(20)43)32(42)19-8-7-9-23(48-4)27(19)34(30)44/h7-9,17-18,21-22,24,26,31,41,43,45,47H,5-6,10-16,38H2,1-4H3/t18-,21?,22-,24-,26-,31+,37-/m0/s1. The number of nitrogens with two attached hydrogens (primary N) is 1. The van der Waals surface area contributed by atoms with E-state index in [-0.39, 0.29) is 46.4 Å². The van der Waals surface area contributed by atoms with Crippen LogP contribution in [0.25, 0.3) is 0 Å². The molecule has 51 heavy (non-hydrogen) atoms. The maximum atomic E-state index is 14.0. The SMILES string of the molecule is COc1cccc2c1C(=O)c1c(O)c3c(c(O)c1C2=O)C[C@@](O)(C(=O)COC(=O)C(N)CC(C)C)C[C@@H]3O[C@H]1C[C@H](N2CCCC2)[C@H](O)[C@H](C)O1. The molecule has 6 N–H and O–H groups in total. The van der Waals surface area contributed by atoms with Crippen LogP contribution >= 0.6 is 0 Å². The lowest BCUT2D eigenvalue weighted by atomic mass is 9.72. The highest BCUT2D eigenvalue weighted by Crippen LogP contribution is 2.52. The normalized spacial score (nSPS) is 28.2. The van der Waals surface area contributed by atoms with Gasteiger partial charge in [-0.05, 0) is 51.3 Å². The number of hydrogen-bond donors (Lipinski definition) is 5. The minimum atomic E-state index is -2.32. The number of rotatable bonds is 10. The van der Waals surface area contributed by atoms with E-state index in [1.165, 1.54) is 25.3 Å². The fraction of sp³-hybridized carbons (Fsp3) is 0.568. The Morgan fingerprint density at radius 2 is 1.76 bits per heavy atom. The number of ketones is 3. The Hall–Kier alpha value is -3.92. The lowest BCUT2D eigenvalue weighted by Gasteiger charge is -2.44. The van der Waals surface area contributed by atoms with Crippen molar-refractivity contribution in [3.8, 4) is 17.2 Å². The lowest BCUT2D eigenvalue weighted by Crippen LogP contribution is -2.55. The number of likely N-dealkylation sites (tertiary alicyclic amines) is 1. The highest BCUT2D eigenvalue weighted by atomic mass is 16.7. The fourth-order valence-corrected chi connectivity index (χ4v) is 7.96. The van der Waals surface area contributed by atoms with Gasteiger partial charge in [0.25, 0.3) is 0 Å². The van der Waals surface area contributed by atoms with E-state index in [9.17, 15) is 39.6 Å². The molecule has 0 spiro atoms. The monoisotopic (exact) mass is 710 g/mol. The number of hydrogen-bond acceptors (Lipinski definition) is 14. The summed E-state index contributed by atoms with van der Waals surface area (Å²) < 4.78 is 23.0. The fourth-order valence-electron chi connectivity index (χ4n) is 7.96. The second-order valence-electron chi connectivity index (χ2n) is 14.5. The van der Waals surface area contributed by atoms with Crippen molar-refractivity contribution in [1.82, 2.24) is 4.90 Å². The van der Waals surface area contributed by atoms with Crippen LogP contribution in [0.2, 0.25) is 0 Å². The van der Waals surface area contributed by atoms with E-state index >= 15 is 0 Å². The Labute approximate surface area is 295 Å². The Balaban J connectivity index is 1.40. The molecule has 2 aliphatic carbocycles. The van der Waals surface area contributed by atoms with Crippen molar-refractivity contribution in [2.75, 3.05) is 26.8 Å². The number of aromatic hydroxyl groups is 2. The van der Waals surface area contributed by atoms with Crippen molar-refractivity contribution < 1.29 is 58.6 Å². The number of carbonyl (C=O) groups excluding carboxylic acids is 4. The van der Waals surface area contributed by atoms with Crippen LogP contribution < -0.4 is 10.5 Å². The van der Waals surface area contributed by atoms with Crippen molar-refractivity contribution in [1.29, 1.82) is 0 Å². The van der Waals surface area contributed by atoms with Crippen LogP contribution in [0.5, 0.6) is 17.2 Å². The summed E-state index contributed by atoms with van der Waals surface area (Å²) in [5.74, 6) is -4.47. The third kappa shape index (κ3) is 6.64. The van der Waals surface area contributed by atoms with E-state index in [1.807, 2.05) is 13.8 Å². The zero-order valence-corrected chi connectivity index (χ0v) is 29.2. The first-order chi connectivity index (χ1) is 24.2. The summed E-state index contributed by atoms with van der Waals surface area (Å²) in [7, 11) is 1.33. The predicted molar refractivity (Wildman–Crippen MR) is 180 cm³/mol. The summed E-state index contributed by atoms with van der Waals surface area (Å²) in [6, 6.07) is 3.09. The molecule has 6 rings (SSSR count). The molecule has 2 heterocycles. The molecule has 14 heteroatoms. The molecular formula is C37H46N2O12. The molecule has 14 nitrogen and oxygen atoms in total. The summed E-state index contributed by atoms with van der Waals surface area (Å²) in [6.07, 6.45) is -2.50. The third-order valence-electron chi connectivity index (χ3n) is 10.6.